The van der Waals surface area contributed by atoms with Crippen molar-refractivity contribution < 1.29 is 9.53 Å². The highest BCUT2D eigenvalue weighted by Gasteiger charge is 2.16. The van der Waals surface area contributed by atoms with Crippen molar-refractivity contribution in [3.63, 3.8) is 0 Å². The molecule has 2 aromatic carbocycles. The average molecular weight is 367 g/mol. The highest BCUT2D eigenvalue weighted by molar-refractivity contribution is 5.80. The molecule has 1 aliphatic heterocycles. The number of hydrogen-bond acceptors (Lipinski definition) is 4. The minimum absolute atomic E-state index is 0.110. The Morgan fingerprint density at radius 3 is 2.41 bits per heavy atom. The number of benzene rings is 2. The van der Waals surface area contributed by atoms with E-state index in [-0.39, 0.29) is 5.91 Å². The van der Waals surface area contributed by atoms with Crippen LogP contribution in [0.25, 0.3) is 0 Å². The lowest BCUT2D eigenvalue weighted by atomic mass is 10.1. The normalized spacial score (nSPS) is 16.0. The smallest absolute Gasteiger partial charge is 0.261 e. The Balaban J connectivity index is 1.49. The summed E-state index contributed by atoms with van der Waals surface area (Å²) in [5, 5.41) is 2.96. The van der Waals surface area contributed by atoms with Crippen LogP contribution in [-0.2, 0) is 11.3 Å². The Hall–Kier alpha value is -2.53. The van der Waals surface area contributed by atoms with E-state index in [0.29, 0.717) is 6.54 Å². The van der Waals surface area contributed by atoms with Crippen LogP contribution >= 0.6 is 0 Å². The first-order chi connectivity index (χ1) is 13.0. The fraction of sp³-hybridized carbons (Fsp3) is 0.409. The summed E-state index contributed by atoms with van der Waals surface area (Å²) in [6, 6.07) is 16.2. The lowest BCUT2D eigenvalue weighted by molar-refractivity contribution is -0.127. The van der Waals surface area contributed by atoms with E-state index in [9.17, 15) is 4.79 Å². The van der Waals surface area contributed by atoms with Gasteiger partial charge in [0.2, 0.25) is 0 Å². The van der Waals surface area contributed by atoms with E-state index in [0.717, 1.165) is 43.1 Å². The maximum Gasteiger partial charge on any atom is 0.261 e. The van der Waals surface area contributed by atoms with E-state index in [1.54, 1.807) is 6.92 Å². The summed E-state index contributed by atoms with van der Waals surface area (Å²) in [6.45, 7) is 8.55. The number of nitrogens with one attached hydrogen (secondary N) is 1. The van der Waals surface area contributed by atoms with Gasteiger partial charge in [-0.25, -0.2) is 0 Å². The van der Waals surface area contributed by atoms with Crippen molar-refractivity contribution in [2.24, 2.45) is 0 Å². The number of ether oxygens (including phenoxy) is 1. The number of carbonyl (C=O) groups excluding carboxylic acids is 1. The summed E-state index contributed by atoms with van der Waals surface area (Å²) in [7, 11) is 2.16. The van der Waals surface area contributed by atoms with E-state index < -0.39 is 6.10 Å². The third kappa shape index (κ3) is 5.23. The molecule has 0 spiro atoms. The SMILES string of the molecule is Cc1ccccc1O[C@@H](C)C(=O)NCc1ccc(N2CCN(C)CC2)cc1. The molecule has 3 rings (SSSR count). The molecule has 1 heterocycles. The molecule has 5 nitrogen and oxygen atoms in total. The first-order valence-corrected chi connectivity index (χ1v) is 9.55. The summed E-state index contributed by atoms with van der Waals surface area (Å²) >= 11 is 0. The highest BCUT2D eigenvalue weighted by atomic mass is 16.5. The van der Waals surface area contributed by atoms with Crippen LogP contribution in [0.2, 0.25) is 0 Å². The van der Waals surface area contributed by atoms with Crippen molar-refractivity contribution >= 4 is 11.6 Å². The van der Waals surface area contributed by atoms with Gasteiger partial charge in [0.15, 0.2) is 6.10 Å². The van der Waals surface area contributed by atoms with Crippen LogP contribution in [0.5, 0.6) is 5.75 Å². The van der Waals surface area contributed by atoms with Crippen molar-refractivity contribution in [2.75, 3.05) is 38.1 Å². The van der Waals surface area contributed by atoms with Gasteiger partial charge in [0.1, 0.15) is 5.75 Å². The summed E-state index contributed by atoms with van der Waals surface area (Å²) in [5.41, 5.74) is 3.36. The van der Waals surface area contributed by atoms with Crippen molar-refractivity contribution in [1.82, 2.24) is 10.2 Å². The monoisotopic (exact) mass is 367 g/mol. The summed E-state index contributed by atoms with van der Waals surface area (Å²) < 4.78 is 5.78. The molecule has 0 saturated carbocycles. The highest BCUT2D eigenvalue weighted by Crippen LogP contribution is 2.19. The minimum atomic E-state index is -0.532. The third-order valence-electron chi connectivity index (χ3n) is 5.04. The second-order valence-electron chi connectivity index (χ2n) is 7.20. The number of aryl methyl sites for hydroxylation is 1. The van der Waals surface area contributed by atoms with Gasteiger partial charge < -0.3 is 19.9 Å². The number of para-hydroxylation sites is 1. The summed E-state index contributed by atoms with van der Waals surface area (Å²) in [4.78, 5) is 17.1. The zero-order valence-corrected chi connectivity index (χ0v) is 16.4. The Bertz CT molecular complexity index is 752. The van der Waals surface area contributed by atoms with Crippen LogP contribution in [0.3, 0.4) is 0 Å². The molecule has 0 aliphatic carbocycles. The molecule has 27 heavy (non-hydrogen) atoms. The van der Waals surface area contributed by atoms with Crippen LogP contribution in [-0.4, -0.2) is 50.1 Å². The van der Waals surface area contributed by atoms with Gasteiger partial charge in [0.05, 0.1) is 0 Å². The summed E-state index contributed by atoms with van der Waals surface area (Å²) in [6.07, 6.45) is -0.532. The van der Waals surface area contributed by atoms with Gasteiger partial charge in [-0.3, -0.25) is 4.79 Å². The minimum Gasteiger partial charge on any atom is -0.481 e. The van der Waals surface area contributed by atoms with Gasteiger partial charge in [-0.2, -0.15) is 0 Å². The largest absolute Gasteiger partial charge is 0.481 e. The van der Waals surface area contributed by atoms with Gasteiger partial charge >= 0.3 is 0 Å². The van der Waals surface area contributed by atoms with Crippen molar-refractivity contribution in [1.29, 1.82) is 0 Å². The topological polar surface area (TPSA) is 44.8 Å². The van der Waals surface area contributed by atoms with Crippen molar-refractivity contribution in [3.8, 4) is 5.75 Å². The fourth-order valence-corrected chi connectivity index (χ4v) is 3.15. The molecule has 144 valence electrons. The molecule has 5 heteroatoms. The molecule has 2 aromatic rings. The Morgan fingerprint density at radius 1 is 1.07 bits per heavy atom. The number of rotatable bonds is 6. The third-order valence-corrected chi connectivity index (χ3v) is 5.04. The van der Waals surface area contributed by atoms with E-state index >= 15 is 0 Å². The Kier molecular flexibility index (Phi) is 6.35. The van der Waals surface area contributed by atoms with E-state index in [2.05, 4.69) is 46.4 Å². The van der Waals surface area contributed by atoms with Crippen molar-refractivity contribution in [2.45, 2.75) is 26.5 Å². The number of amides is 1. The molecule has 1 saturated heterocycles. The first kappa shape index (κ1) is 19.2. The van der Waals surface area contributed by atoms with Crippen molar-refractivity contribution in [3.05, 3.63) is 59.7 Å². The zero-order chi connectivity index (χ0) is 19.2. The fourth-order valence-electron chi connectivity index (χ4n) is 3.15. The number of carbonyl (C=O) groups is 1. The number of hydrogen-bond donors (Lipinski definition) is 1. The van der Waals surface area contributed by atoms with E-state index in [1.165, 1.54) is 5.69 Å². The molecule has 1 fully saturated rings. The maximum atomic E-state index is 12.3. The first-order valence-electron chi connectivity index (χ1n) is 9.55. The molecule has 1 atom stereocenters. The number of nitrogens with zero attached hydrogens (tertiary/aromatic N) is 2. The van der Waals surface area contributed by atoms with Crippen LogP contribution in [0, 0.1) is 6.92 Å². The lowest BCUT2D eigenvalue weighted by Crippen LogP contribution is -2.44. The number of anilines is 1. The predicted octanol–water partition coefficient (Wildman–Crippen LogP) is 2.83. The molecule has 1 aliphatic rings. The predicted molar refractivity (Wildman–Crippen MR) is 109 cm³/mol. The van der Waals surface area contributed by atoms with Crippen LogP contribution < -0.4 is 15.0 Å². The van der Waals surface area contributed by atoms with Gasteiger partial charge in [-0.05, 0) is 50.2 Å². The van der Waals surface area contributed by atoms with Crippen LogP contribution in [0.4, 0.5) is 5.69 Å². The Morgan fingerprint density at radius 2 is 1.74 bits per heavy atom. The molecule has 0 radical (unpaired) electrons. The molecule has 1 amide bonds. The average Bonchev–Trinajstić information content (AvgIpc) is 2.69. The van der Waals surface area contributed by atoms with Gasteiger partial charge in [-0.15, -0.1) is 0 Å². The lowest BCUT2D eigenvalue weighted by Gasteiger charge is -2.34. The molecule has 1 N–H and O–H groups in total. The molecular weight excluding hydrogens is 338 g/mol. The van der Waals surface area contributed by atoms with Crippen LogP contribution in [0.1, 0.15) is 18.1 Å². The number of piperazine rings is 1. The van der Waals surface area contributed by atoms with E-state index in [4.69, 9.17) is 4.74 Å². The second-order valence-corrected chi connectivity index (χ2v) is 7.20. The standard InChI is InChI=1S/C22H29N3O2/c1-17-6-4-5-7-21(17)27-18(2)22(26)23-16-19-8-10-20(11-9-19)25-14-12-24(3)13-15-25/h4-11,18H,12-16H2,1-3H3,(H,23,26)/t18-/m0/s1. The van der Waals surface area contributed by atoms with Gasteiger partial charge in [0, 0.05) is 38.4 Å². The summed E-state index contributed by atoms with van der Waals surface area (Å²) in [5.74, 6) is 0.637. The van der Waals surface area contributed by atoms with E-state index in [1.807, 2.05) is 31.2 Å². The maximum absolute atomic E-state index is 12.3. The van der Waals surface area contributed by atoms with Gasteiger partial charge in [-0.1, -0.05) is 30.3 Å². The molecule has 0 unspecified atom stereocenters. The molecular formula is C22H29N3O2. The molecule has 0 bridgehead atoms. The number of likely N-dealkylation sites (N-methyl/N-ethyl adjacent to an activating group) is 1. The zero-order valence-electron chi connectivity index (χ0n) is 16.4. The van der Waals surface area contributed by atoms with Crippen LogP contribution in [0.15, 0.2) is 48.5 Å². The quantitative estimate of drug-likeness (QED) is 0.853. The van der Waals surface area contributed by atoms with Gasteiger partial charge in [0.25, 0.3) is 5.91 Å². The molecule has 0 aromatic heterocycles. The Labute approximate surface area is 161 Å². The second kappa shape index (κ2) is 8.91.